The van der Waals surface area contributed by atoms with E-state index in [0.717, 1.165) is 35.5 Å². The van der Waals surface area contributed by atoms with E-state index in [2.05, 4.69) is 73.1 Å². The minimum Gasteiger partial charge on any atom is -0.318 e. The lowest BCUT2D eigenvalue weighted by atomic mass is 9.76. The van der Waals surface area contributed by atoms with Gasteiger partial charge in [-0.1, -0.05) is 54.4 Å². The number of hydrogen-bond donors (Lipinski definition) is 1. The van der Waals surface area contributed by atoms with Gasteiger partial charge in [-0.05, 0) is 68.5 Å². The van der Waals surface area contributed by atoms with Crippen LogP contribution in [0.4, 0.5) is 10.5 Å². The highest BCUT2D eigenvalue weighted by molar-refractivity contribution is 6.30. The number of nitrogens with zero attached hydrogens (tertiary/aromatic N) is 2. The monoisotopic (exact) mass is 435 g/mol. The zero-order valence-corrected chi connectivity index (χ0v) is 19.0. The van der Waals surface area contributed by atoms with Crippen LogP contribution in [-0.2, 0) is 11.3 Å². The van der Waals surface area contributed by atoms with E-state index in [9.17, 15) is 4.79 Å². The minimum atomic E-state index is -0.644. The molecule has 2 aromatic carbocycles. The first-order valence-corrected chi connectivity index (χ1v) is 10.7. The SMILES string of the molecule is Cc1ccc(-n2c(C)cc3c2CC(C)(C)C/C3=N\OC(=O)Nc2cccc(Cl)c2)cc1. The summed E-state index contributed by atoms with van der Waals surface area (Å²) in [6.07, 6.45) is 0.994. The zero-order valence-electron chi connectivity index (χ0n) is 18.2. The summed E-state index contributed by atoms with van der Waals surface area (Å²) in [5, 5.41) is 7.45. The Bertz CT molecular complexity index is 1160. The van der Waals surface area contributed by atoms with Crippen molar-refractivity contribution in [3.05, 3.63) is 82.1 Å². The first-order valence-electron chi connectivity index (χ1n) is 10.3. The van der Waals surface area contributed by atoms with Gasteiger partial charge in [-0.3, -0.25) is 10.2 Å². The normalized spacial score (nSPS) is 16.1. The summed E-state index contributed by atoms with van der Waals surface area (Å²) < 4.78 is 2.28. The van der Waals surface area contributed by atoms with Crippen LogP contribution in [0.1, 0.15) is 42.8 Å². The van der Waals surface area contributed by atoms with E-state index >= 15 is 0 Å². The van der Waals surface area contributed by atoms with Crippen molar-refractivity contribution < 1.29 is 9.63 Å². The first-order chi connectivity index (χ1) is 14.7. The number of aromatic nitrogens is 1. The Hall–Kier alpha value is -3.05. The van der Waals surface area contributed by atoms with Crippen LogP contribution in [0.25, 0.3) is 5.69 Å². The fraction of sp³-hybridized carbons (Fsp3) is 0.280. The fourth-order valence-corrected chi connectivity index (χ4v) is 4.31. The number of hydrogen-bond acceptors (Lipinski definition) is 3. The summed E-state index contributed by atoms with van der Waals surface area (Å²) in [5.74, 6) is 0. The van der Waals surface area contributed by atoms with E-state index in [1.165, 1.54) is 11.3 Å². The molecule has 1 heterocycles. The predicted octanol–water partition coefficient (Wildman–Crippen LogP) is 6.67. The second-order valence-corrected chi connectivity index (χ2v) is 9.32. The van der Waals surface area contributed by atoms with Gasteiger partial charge in [-0.25, -0.2) is 4.79 Å². The summed E-state index contributed by atoms with van der Waals surface area (Å²) in [6.45, 7) is 8.59. The van der Waals surface area contributed by atoms with Gasteiger partial charge in [-0.15, -0.1) is 0 Å². The number of aryl methyl sites for hydroxylation is 2. The number of carbonyl (C=O) groups is 1. The Balaban J connectivity index is 1.63. The number of rotatable bonds is 3. The van der Waals surface area contributed by atoms with Crippen LogP contribution in [-0.4, -0.2) is 16.4 Å². The number of halogens is 1. The molecule has 0 aliphatic heterocycles. The third kappa shape index (κ3) is 4.67. The lowest BCUT2D eigenvalue weighted by Crippen LogP contribution is -2.29. The van der Waals surface area contributed by atoms with Gasteiger partial charge in [0.1, 0.15) is 0 Å². The lowest BCUT2D eigenvalue weighted by molar-refractivity contribution is 0.165. The average molecular weight is 436 g/mol. The van der Waals surface area contributed by atoms with Crippen molar-refractivity contribution in [2.24, 2.45) is 10.6 Å². The highest BCUT2D eigenvalue weighted by Crippen LogP contribution is 2.38. The average Bonchev–Trinajstić information content (AvgIpc) is 3.01. The van der Waals surface area contributed by atoms with E-state index in [4.69, 9.17) is 16.4 Å². The smallest absolute Gasteiger partial charge is 0.318 e. The van der Waals surface area contributed by atoms with Crippen molar-refractivity contribution >= 4 is 29.1 Å². The summed E-state index contributed by atoms with van der Waals surface area (Å²) in [6, 6.07) is 17.5. The second-order valence-electron chi connectivity index (χ2n) is 8.89. The highest BCUT2D eigenvalue weighted by atomic mass is 35.5. The largest absolute Gasteiger partial charge is 0.437 e. The van der Waals surface area contributed by atoms with Crippen LogP contribution in [0.5, 0.6) is 0 Å². The maximum Gasteiger partial charge on any atom is 0.437 e. The molecule has 0 saturated carbocycles. The number of anilines is 1. The van der Waals surface area contributed by atoms with Crippen molar-refractivity contribution in [1.82, 2.24) is 4.57 Å². The molecular formula is C25H26ClN3O2. The Morgan fingerprint density at radius 1 is 1.10 bits per heavy atom. The van der Waals surface area contributed by atoms with Crippen LogP contribution in [0, 0.1) is 19.3 Å². The quantitative estimate of drug-likeness (QED) is 0.368. The fourth-order valence-electron chi connectivity index (χ4n) is 4.12. The van der Waals surface area contributed by atoms with E-state index in [0.29, 0.717) is 10.7 Å². The van der Waals surface area contributed by atoms with Gasteiger partial charge in [0, 0.05) is 33.3 Å². The van der Waals surface area contributed by atoms with E-state index < -0.39 is 6.09 Å². The van der Waals surface area contributed by atoms with Crippen LogP contribution in [0.3, 0.4) is 0 Å². The number of carbonyl (C=O) groups excluding carboxylic acids is 1. The first kappa shape index (κ1) is 21.2. The molecule has 0 fully saturated rings. The molecule has 3 aromatic rings. The second kappa shape index (κ2) is 8.23. The van der Waals surface area contributed by atoms with Crippen molar-refractivity contribution in [2.75, 3.05) is 5.32 Å². The van der Waals surface area contributed by atoms with Crippen LogP contribution < -0.4 is 5.32 Å². The highest BCUT2D eigenvalue weighted by Gasteiger charge is 2.33. The molecule has 4 rings (SSSR count). The zero-order chi connectivity index (χ0) is 22.2. The summed E-state index contributed by atoms with van der Waals surface area (Å²) in [4.78, 5) is 17.5. The number of benzene rings is 2. The third-order valence-electron chi connectivity index (χ3n) is 5.49. The topological polar surface area (TPSA) is 55.6 Å². The molecule has 0 atom stereocenters. The Labute approximate surface area is 187 Å². The summed E-state index contributed by atoms with van der Waals surface area (Å²) in [5.41, 5.74) is 7.03. The van der Waals surface area contributed by atoms with Gasteiger partial charge in [0.2, 0.25) is 0 Å². The Morgan fingerprint density at radius 2 is 1.84 bits per heavy atom. The predicted molar refractivity (Wildman–Crippen MR) is 125 cm³/mol. The molecule has 5 nitrogen and oxygen atoms in total. The maximum absolute atomic E-state index is 12.3. The van der Waals surface area contributed by atoms with E-state index in [1.807, 2.05) is 0 Å². The minimum absolute atomic E-state index is 0.00807. The molecule has 0 radical (unpaired) electrons. The van der Waals surface area contributed by atoms with Crippen molar-refractivity contribution in [2.45, 2.75) is 40.5 Å². The van der Waals surface area contributed by atoms with Gasteiger partial charge in [0.05, 0.1) is 5.71 Å². The number of amides is 1. The van der Waals surface area contributed by atoms with Crippen molar-refractivity contribution in [3.63, 3.8) is 0 Å². The molecule has 31 heavy (non-hydrogen) atoms. The molecular weight excluding hydrogens is 410 g/mol. The molecule has 1 aromatic heterocycles. The molecule has 6 heteroatoms. The standard InChI is InChI=1S/C25H26ClN3O2/c1-16-8-10-20(11-9-16)29-17(2)12-21-22(14-25(3,4)15-23(21)29)28-31-24(30)27-19-7-5-6-18(26)13-19/h5-13H,14-15H2,1-4H3,(H,27,30)/b28-22+. The third-order valence-corrected chi connectivity index (χ3v) is 5.73. The number of nitrogens with one attached hydrogen (secondary N) is 1. The molecule has 1 aliphatic rings. The van der Waals surface area contributed by atoms with Crippen molar-refractivity contribution in [3.8, 4) is 5.69 Å². The van der Waals surface area contributed by atoms with Gasteiger partial charge in [0.15, 0.2) is 0 Å². The maximum atomic E-state index is 12.3. The molecule has 0 bridgehead atoms. The molecule has 0 saturated heterocycles. The summed E-state index contributed by atoms with van der Waals surface area (Å²) in [7, 11) is 0. The molecule has 1 amide bonds. The van der Waals surface area contributed by atoms with Gasteiger partial charge in [-0.2, -0.15) is 0 Å². The van der Waals surface area contributed by atoms with E-state index in [-0.39, 0.29) is 5.41 Å². The Morgan fingerprint density at radius 3 is 2.55 bits per heavy atom. The van der Waals surface area contributed by atoms with Gasteiger partial charge in [0.25, 0.3) is 0 Å². The number of fused-ring (bicyclic) bond motifs is 1. The molecule has 1 N–H and O–H groups in total. The molecule has 0 unspecified atom stereocenters. The van der Waals surface area contributed by atoms with E-state index in [1.54, 1.807) is 24.3 Å². The van der Waals surface area contributed by atoms with Crippen LogP contribution in [0.15, 0.2) is 59.8 Å². The molecule has 0 spiro atoms. The van der Waals surface area contributed by atoms with Crippen LogP contribution in [0.2, 0.25) is 5.02 Å². The Kier molecular flexibility index (Phi) is 5.63. The van der Waals surface area contributed by atoms with Crippen molar-refractivity contribution in [1.29, 1.82) is 0 Å². The van der Waals surface area contributed by atoms with Gasteiger partial charge < -0.3 is 4.57 Å². The number of oxime groups is 1. The van der Waals surface area contributed by atoms with Gasteiger partial charge >= 0.3 is 6.09 Å². The lowest BCUT2D eigenvalue weighted by Gasteiger charge is -2.31. The van der Waals surface area contributed by atoms with Crippen LogP contribution >= 0.6 is 11.6 Å². The molecule has 1 aliphatic carbocycles. The molecule has 160 valence electrons. The summed E-state index contributed by atoms with van der Waals surface area (Å²) >= 11 is 5.97.